The Labute approximate surface area is 126 Å². The predicted molar refractivity (Wildman–Crippen MR) is 80.9 cm³/mol. The number of ether oxygens (including phenoxy) is 1. The second kappa shape index (κ2) is 7.16. The third kappa shape index (κ3) is 4.99. The van der Waals surface area contributed by atoms with E-state index in [9.17, 15) is 0 Å². The van der Waals surface area contributed by atoms with Gasteiger partial charge in [0.15, 0.2) is 0 Å². The molecule has 0 aliphatic rings. The molecule has 0 heterocycles. The first kappa shape index (κ1) is 15.5. The molecule has 0 atom stereocenters. The van der Waals surface area contributed by atoms with Crippen LogP contribution >= 0.6 is 31.9 Å². The molecule has 0 aliphatic carbocycles. The van der Waals surface area contributed by atoms with Crippen molar-refractivity contribution in [3.05, 3.63) is 28.2 Å². The summed E-state index contributed by atoms with van der Waals surface area (Å²) in [5.41, 5.74) is 0.945. The summed E-state index contributed by atoms with van der Waals surface area (Å²) in [5, 5.41) is 9.74. The molecule has 0 spiro atoms. The van der Waals surface area contributed by atoms with Gasteiger partial charge in [0.1, 0.15) is 5.75 Å². The second-order valence-electron chi connectivity index (χ2n) is 4.85. The van der Waals surface area contributed by atoms with Gasteiger partial charge in [-0.1, -0.05) is 22.0 Å². The van der Waals surface area contributed by atoms with E-state index in [1.807, 2.05) is 32.0 Å². The zero-order valence-corrected chi connectivity index (χ0v) is 13.8. The molecule has 4 heteroatoms. The molecule has 0 N–H and O–H groups in total. The van der Waals surface area contributed by atoms with E-state index in [0.717, 1.165) is 28.4 Å². The topological polar surface area (TPSA) is 33.0 Å². The number of hydrogen-bond donors (Lipinski definition) is 0. The highest BCUT2D eigenvalue weighted by Crippen LogP contribution is 2.27. The largest absolute Gasteiger partial charge is 0.492 e. The SMILES string of the molecule is CC(C)(C#N)CCCOc1ccc(CBr)cc1Br. The zero-order chi connectivity index (χ0) is 13.6. The number of alkyl halides is 1. The smallest absolute Gasteiger partial charge is 0.133 e. The minimum atomic E-state index is -0.263. The number of nitriles is 1. The second-order valence-corrected chi connectivity index (χ2v) is 6.26. The van der Waals surface area contributed by atoms with Crippen LogP contribution in [0.25, 0.3) is 0 Å². The van der Waals surface area contributed by atoms with Crippen molar-refractivity contribution in [1.82, 2.24) is 0 Å². The highest BCUT2D eigenvalue weighted by atomic mass is 79.9. The first-order valence-electron chi connectivity index (χ1n) is 5.87. The Morgan fingerprint density at radius 1 is 1.39 bits per heavy atom. The summed E-state index contributed by atoms with van der Waals surface area (Å²) in [7, 11) is 0. The Morgan fingerprint density at radius 2 is 2.11 bits per heavy atom. The van der Waals surface area contributed by atoms with Gasteiger partial charge in [-0.15, -0.1) is 0 Å². The van der Waals surface area contributed by atoms with Crippen LogP contribution in [0.15, 0.2) is 22.7 Å². The van der Waals surface area contributed by atoms with Crippen LogP contribution in [0.3, 0.4) is 0 Å². The molecule has 0 fully saturated rings. The maximum atomic E-state index is 8.91. The van der Waals surface area contributed by atoms with Gasteiger partial charge in [0.25, 0.3) is 0 Å². The lowest BCUT2D eigenvalue weighted by Crippen LogP contribution is -2.10. The van der Waals surface area contributed by atoms with Crippen molar-refractivity contribution in [2.45, 2.75) is 32.0 Å². The Hall–Kier alpha value is -0.530. The van der Waals surface area contributed by atoms with E-state index in [1.54, 1.807) is 0 Å². The summed E-state index contributed by atoms with van der Waals surface area (Å²) in [5.74, 6) is 0.856. The van der Waals surface area contributed by atoms with E-state index in [-0.39, 0.29) is 5.41 Å². The summed E-state index contributed by atoms with van der Waals surface area (Å²) in [6.45, 7) is 4.54. The minimum absolute atomic E-state index is 0.263. The van der Waals surface area contributed by atoms with E-state index in [0.29, 0.717) is 6.61 Å². The summed E-state index contributed by atoms with van der Waals surface area (Å²) in [6.07, 6.45) is 1.73. The fourth-order valence-electron chi connectivity index (χ4n) is 1.50. The normalized spacial score (nSPS) is 11.1. The van der Waals surface area contributed by atoms with Gasteiger partial charge in [0.05, 0.1) is 22.6 Å². The third-order valence-corrected chi connectivity index (χ3v) is 3.92. The first-order valence-corrected chi connectivity index (χ1v) is 7.78. The lowest BCUT2D eigenvalue weighted by molar-refractivity contribution is 0.283. The molecule has 0 bridgehead atoms. The molecule has 1 aromatic carbocycles. The third-order valence-electron chi connectivity index (χ3n) is 2.66. The summed E-state index contributed by atoms with van der Waals surface area (Å²) in [4.78, 5) is 0. The molecule has 0 aliphatic heterocycles. The predicted octanol–water partition coefficient (Wildman–Crippen LogP) is 5.05. The van der Waals surface area contributed by atoms with E-state index >= 15 is 0 Å². The molecule has 1 rings (SSSR count). The van der Waals surface area contributed by atoms with Crippen LogP contribution in [0.5, 0.6) is 5.75 Å². The molecule has 18 heavy (non-hydrogen) atoms. The maximum absolute atomic E-state index is 8.91. The van der Waals surface area contributed by atoms with Crippen LogP contribution < -0.4 is 4.74 Å². The van der Waals surface area contributed by atoms with Crippen LogP contribution in [0.4, 0.5) is 0 Å². The van der Waals surface area contributed by atoms with Gasteiger partial charge in [0.2, 0.25) is 0 Å². The van der Waals surface area contributed by atoms with Crippen LogP contribution in [0, 0.1) is 16.7 Å². The summed E-state index contributed by atoms with van der Waals surface area (Å²) >= 11 is 6.91. The molecule has 0 saturated heterocycles. The van der Waals surface area contributed by atoms with Crippen molar-refractivity contribution in [3.63, 3.8) is 0 Å². The number of halogens is 2. The van der Waals surface area contributed by atoms with E-state index in [1.165, 1.54) is 5.56 Å². The molecular weight excluding hydrogens is 358 g/mol. The van der Waals surface area contributed by atoms with Crippen LogP contribution in [-0.2, 0) is 5.33 Å². The van der Waals surface area contributed by atoms with Crippen LogP contribution in [0.2, 0.25) is 0 Å². The Bertz CT molecular complexity index is 438. The zero-order valence-electron chi connectivity index (χ0n) is 10.7. The summed E-state index contributed by atoms with van der Waals surface area (Å²) in [6, 6.07) is 8.35. The summed E-state index contributed by atoms with van der Waals surface area (Å²) < 4.78 is 6.68. The van der Waals surface area contributed by atoms with Gasteiger partial charge in [-0.05, 0) is 60.3 Å². The quantitative estimate of drug-likeness (QED) is 0.515. The van der Waals surface area contributed by atoms with Gasteiger partial charge in [-0.2, -0.15) is 5.26 Å². The fourth-order valence-corrected chi connectivity index (χ4v) is 2.39. The lowest BCUT2D eigenvalue weighted by atomic mass is 9.90. The highest BCUT2D eigenvalue weighted by Gasteiger charge is 2.15. The molecule has 0 saturated carbocycles. The number of nitrogens with zero attached hydrogens (tertiary/aromatic N) is 1. The molecule has 1 aromatic rings. The highest BCUT2D eigenvalue weighted by molar-refractivity contribution is 9.10. The number of hydrogen-bond acceptors (Lipinski definition) is 2. The number of rotatable bonds is 6. The van der Waals surface area contributed by atoms with Crippen molar-refractivity contribution >= 4 is 31.9 Å². The standard InChI is InChI=1S/C14H17Br2NO/c1-14(2,10-17)6-3-7-18-13-5-4-11(9-15)8-12(13)16/h4-5,8H,3,6-7,9H2,1-2H3. The first-order chi connectivity index (χ1) is 8.48. The van der Waals surface area contributed by atoms with Crippen molar-refractivity contribution in [1.29, 1.82) is 5.26 Å². The van der Waals surface area contributed by atoms with Crippen molar-refractivity contribution in [3.8, 4) is 11.8 Å². The molecule has 0 radical (unpaired) electrons. The number of benzene rings is 1. The molecule has 0 unspecified atom stereocenters. The van der Waals surface area contributed by atoms with Gasteiger partial charge in [-0.3, -0.25) is 0 Å². The Morgan fingerprint density at radius 3 is 2.67 bits per heavy atom. The molecule has 0 aromatic heterocycles. The lowest BCUT2D eigenvalue weighted by Gasteiger charge is -2.15. The Balaban J connectivity index is 2.43. The van der Waals surface area contributed by atoms with Gasteiger partial charge < -0.3 is 4.74 Å². The molecule has 98 valence electrons. The van der Waals surface area contributed by atoms with Gasteiger partial charge >= 0.3 is 0 Å². The van der Waals surface area contributed by atoms with Gasteiger partial charge in [0, 0.05) is 5.33 Å². The fraction of sp³-hybridized carbons (Fsp3) is 0.500. The van der Waals surface area contributed by atoms with Crippen molar-refractivity contribution in [2.75, 3.05) is 6.61 Å². The maximum Gasteiger partial charge on any atom is 0.133 e. The average molecular weight is 375 g/mol. The van der Waals surface area contributed by atoms with E-state index < -0.39 is 0 Å². The van der Waals surface area contributed by atoms with Crippen LogP contribution in [-0.4, -0.2) is 6.61 Å². The molecule has 0 amide bonds. The van der Waals surface area contributed by atoms with E-state index in [4.69, 9.17) is 10.00 Å². The van der Waals surface area contributed by atoms with E-state index in [2.05, 4.69) is 37.9 Å². The molecule has 2 nitrogen and oxygen atoms in total. The van der Waals surface area contributed by atoms with Gasteiger partial charge in [-0.25, -0.2) is 0 Å². The van der Waals surface area contributed by atoms with Crippen LogP contribution in [0.1, 0.15) is 32.3 Å². The Kier molecular flexibility index (Phi) is 6.17. The molecular formula is C14H17Br2NO. The minimum Gasteiger partial charge on any atom is -0.492 e. The average Bonchev–Trinajstić information content (AvgIpc) is 2.36. The van der Waals surface area contributed by atoms with Crippen molar-refractivity contribution < 1.29 is 4.74 Å². The monoisotopic (exact) mass is 373 g/mol. The van der Waals surface area contributed by atoms with Crippen molar-refractivity contribution in [2.24, 2.45) is 5.41 Å².